The number of halogens is 2. The quantitative estimate of drug-likeness (QED) is 0.821. The Hall–Kier alpha value is -2.21. The van der Waals surface area contributed by atoms with E-state index in [1.54, 1.807) is 24.3 Å². The van der Waals surface area contributed by atoms with E-state index in [1.165, 1.54) is 12.1 Å². The number of carbonyl (C=O) groups is 2. The minimum Gasteiger partial charge on any atom is -0.344 e. The lowest BCUT2D eigenvalue weighted by atomic mass is 10.2. The molecule has 0 aliphatic heterocycles. The molecule has 0 atom stereocenters. The topological polar surface area (TPSA) is 58.2 Å². The van der Waals surface area contributed by atoms with Crippen molar-refractivity contribution >= 4 is 33.4 Å². The van der Waals surface area contributed by atoms with Gasteiger partial charge < -0.3 is 10.6 Å². The second-order valence-corrected chi connectivity index (χ2v) is 5.58. The molecule has 6 heteroatoms. The van der Waals surface area contributed by atoms with E-state index >= 15 is 0 Å². The Morgan fingerprint density at radius 3 is 2.41 bits per heavy atom. The molecule has 0 unspecified atom stereocenters. The summed E-state index contributed by atoms with van der Waals surface area (Å²) >= 11 is 3.36. The molecule has 2 N–H and O–H groups in total. The first-order chi connectivity index (χ1) is 10.5. The average molecular weight is 365 g/mol. The lowest BCUT2D eigenvalue weighted by molar-refractivity contribution is -0.136. The molecule has 0 aliphatic carbocycles. The van der Waals surface area contributed by atoms with Crippen molar-refractivity contribution in [1.29, 1.82) is 0 Å². The standard InChI is InChI=1S/C16H14BrFN2O2/c1-10-2-7-13(8-14(10)17)20-16(22)15(21)19-9-11-3-5-12(18)6-4-11/h2-8H,9H2,1H3,(H,19,21)(H,20,22). The van der Waals surface area contributed by atoms with E-state index < -0.39 is 11.8 Å². The zero-order valence-corrected chi connectivity index (χ0v) is 13.4. The van der Waals surface area contributed by atoms with E-state index in [4.69, 9.17) is 0 Å². The Labute approximate surface area is 135 Å². The number of amides is 2. The first-order valence-electron chi connectivity index (χ1n) is 6.55. The molecule has 0 saturated carbocycles. The van der Waals surface area contributed by atoms with E-state index in [-0.39, 0.29) is 12.4 Å². The Morgan fingerprint density at radius 1 is 1.09 bits per heavy atom. The summed E-state index contributed by atoms with van der Waals surface area (Å²) in [5, 5.41) is 4.99. The number of carbonyl (C=O) groups excluding carboxylic acids is 2. The van der Waals surface area contributed by atoms with Crippen molar-refractivity contribution in [3.05, 3.63) is 63.9 Å². The molecule has 0 heterocycles. The lowest BCUT2D eigenvalue weighted by Gasteiger charge is -2.08. The van der Waals surface area contributed by atoms with Gasteiger partial charge >= 0.3 is 11.8 Å². The molecule has 4 nitrogen and oxygen atoms in total. The third kappa shape index (κ3) is 4.39. The van der Waals surface area contributed by atoms with Gasteiger partial charge in [0.1, 0.15) is 5.82 Å². The number of benzene rings is 2. The molecule has 0 spiro atoms. The molecule has 0 aromatic heterocycles. The number of aryl methyl sites for hydroxylation is 1. The summed E-state index contributed by atoms with van der Waals surface area (Å²) in [4.78, 5) is 23.5. The monoisotopic (exact) mass is 364 g/mol. The van der Waals surface area contributed by atoms with Gasteiger partial charge in [-0.25, -0.2) is 4.39 Å². The van der Waals surface area contributed by atoms with Crippen LogP contribution in [0.15, 0.2) is 46.9 Å². The highest BCUT2D eigenvalue weighted by Gasteiger charge is 2.13. The summed E-state index contributed by atoms with van der Waals surface area (Å²) in [7, 11) is 0. The van der Waals surface area contributed by atoms with E-state index in [2.05, 4.69) is 26.6 Å². The summed E-state index contributed by atoms with van der Waals surface area (Å²) in [6.45, 7) is 2.08. The van der Waals surface area contributed by atoms with Gasteiger partial charge in [0.05, 0.1) is 0 Å². The third-order valence-electron chi connectivity index (χ3n) is 3.00. The molecule has 0 saturated heterocycles. The Balaban J connectivity index is 1.90. The molecule has 2 aromatic carbocycles. The molecule has 2 amide bonds. The van der Waals surface area contributed by atoms with Gasteiger partial charge in [0.15, 0.2) is 0 Å². The van der Waals surface area contributed by atoms with Gasteiger partial charge in [0.2, 0.25) is 0 Å². The van der Waals surface area contributed by atoms with E-state index in [9.17, 15) is 14.0 Å². The van der Waals surface area contributed by atoms with Crippen molar-refractivity contribution in [2.24, 2.45) is 0 Å². The third-order valence-corrected chi connectivity index (χ3v) is 3.86. The SMILES string of the molecule is Cc1ccc(NC(=O)C(=O)NCc2ccc(F)cc2)cc1Br. The number of nitrogens with one attached hydrogen (secondary N) is 2. The van der Waals surface area contributed by atoms with Crippen LogP contribution in [-0.4, -0.2) is 11.8 Å². The molecular weight excluding hydrogens is 351 g/mol. The summed E-state index contributed by atoms with van der Waals surface area (Å²) in [5.74, 6) is -1.85. The van der Waals surface area contributed by atoms with Crippen molar-refractivity contribution in [3.63, 3.8) is 0 Å². The molecule has 22 heavy (non-hydrogen) atoms. The molecule has 2 aromatic rings. The van der Waals surface area contributed by atoms with Gasteiger partial charge in [0, 0.05) is 16.7 Å². The molecule has 0 fully saturated rings. The second-order valence-electron chi connectivity index (χ2n) is 4.73. The van der Waals surface area contributed by atoms with Gasteiger partial charge in [-0.05, 0) is 42.3 Å². The van der Waals surface area contributed by atoms with Crippen LogP contribution in [0.2, 0.25) is 0 Å². The van der Waals surface area contributed by atoms with Gasteiger partial charge in [-0.3, -0.25) is 9.59 Å². The van der Waals surface area contributed by atoms with Crippen LogP contribution in [0.25, 0.3) is 0 Å². The summed E-state index contributed by atoms with van der Waals surface area (Å²) < 4.78 is 13.6. The predicted molar refractivity (Wildman–Crippen MR) is 85.8 cm³/mol. The zero-order valence-electron chi connectivity index (χ0n) is 11.8. The maximum absolute atomic E-state index is 12.8. The smallest absolute Gasteiger partial charge is 0.313 e. The number of hydrogen-bond donors (Lipinski definition) is 2. The van der Waals surface area contributed by atoms with Crippen LogP contribution in [-0.2, 0) is 16.1 Å². The summed E-state index contributed by atoms with van der Waals surface area (Å²) in [5.41, 5.74) is 2.26. The molecular formula is C16H14BrFN2O2. The fourth-order valence-corrected chi connectivity index (χ4v) is 2.10. The maximum atomic E-state index is 12.8. The number of rotatable bonds is 3. The van der Waals surface area contributed by atoms with Crippen molar-refractivity contribution in [2.75, 3.05) is 5.32 Å². The zero-order chi connectivity index (χ0) is 16.1. The number of anilines is 1. The highest BCUT2D eigenvalue weighted by molar-refractivity contribution is 9.10. The highest BCUT2D eigenvalue weighted by atomic mass is 79.9. The van der Waals surface area contributed by atoms with Crippen LogP contribution in [0.5, 0.6) is 0 Å². The van der Waals surface area contributed by atoms with Gasteiger partial charge in [-0.2, -0.15) is 0 Å². The lowest BCUT2D eigenvalue weighted by Crippen LogP contribution is -2.34. The number of hydrogen-bond acceptors (Lipinski definition) is 2. The minimum atomic E-state index is -0.752. The van der Waals surface area contributed by atoms with E-state index in [0.29, 0.717) is 11.3 Å². The minimum absolute atomic E-state index is 0.157. The molecule has 0 aliphatic rings. The van der Waals surface area contributed by atoms with Crippen LogP contribution < -0.4 is 10.6 Å². The molecule has 0 radical (unpaired) electrons. The van der Waals surface area contributed by atoms with Crippen LogP contribution in [0.4, 0.5) is 10.1 Å². The summed E-state index contributed by atoms with van der Waals surface area (Å²) in [6, 6.07) is 11.0. The van der Waals surface area contributed by atoms with Crippen molar-refractivity contribution in [1.82, 2.24) is 5.32 Å². The predicted octanol–water partition coefficient (Wildman–Crippen LogP) is 3.15. The Morgan fingerprint density at radius 2 is 1.77 bits per heavy atom. The van der Waals surface area contributed by atoms with Gasteiger partial charge in [-0.1, -0.05) is 34.1 Å². The maximum Gasteiger partial charge on any atom is 0.313 e. The molecule has 0 bridgehead atoms. The van der Waals surface area contributed by atoms with Gasteiger partial charge in [0.25, 0.3) is 0 Å². The fourth-order valence-electron chi connectivity index (χ4n) is 1.72. The first kappa shape index (κ1) is 16.2. The van der Waals surface area contributed by atoms with Crippen molar-refractivity contribution in [3.8, 4) is 0 Å². The Kier molecular flexibility index (Phi) is 5.27. The van der Waals surface area contributed by atoms with Crippen LogP contribution >= 0.6 is 15.9 Å². The highest BCUT2D eigenvalue weighted by Crippen LogP contribution is 2.20. The normalized spacial score (nSPS) is 10.1. The van der Waals surface area contributed by atoms with Crippen molar-refractivity contribution in [2.45, 2.75) is 13.5 Å². The largest absolute Gasteiger partial charge is 0.344 e. The van der Waals surface area contributed by atoms with E-state index in [1.807, 2.05) is 13.0 Å². The van der Waals surface area contributed by atoms with Crippen LogP contribution in [0.1, 0.15) is 11.1 Å². The molecule has 2 rings (SSSR count). The first-order valence-corrected chi connectivity index (χ1v) is 7.35. The van der Waals surface area contributed by atoms with Gasteiger partial charge in [-0.15, -0.1) is 0 Å². The second kappa shape index (κ2) is 7.17. The van der Waals surface area contributed by atoms with Crippen LogP contribution in [0, 0.1) is 12.7 Å². The van der Waals surface area contributed by atoms with Crippen LogP contribution in [0.3, 0.4) is 0 Å². The van der Waals surface area contributed by atoms with Crippen molar-refractivity contribution < 1.29 is 14.0 Å². The average Bonchev–Trinajstić information content (AvgIpc) is 2.50. The Bertz CT molecular complexity index is 702. The molecule has 114 valence electrons. The fraction of sp³-hybridized carbons (Fsp3) is 0.125. The van der Waals surface area contributed by atoms with E-state index in [0.717, 1.165) is 10.0 Å². The summed E-state index contributed by atoms with van der Waals surface area (Å²) in [6.07, 6.45) is 0.